The van der Waals surface area contributed by atoms with E-state index >= 15 is 0 Å². The molecule has 2 aliphatic heterocycles. The zero-order chi connectivity index (χ0) is 22.2. The number of nitrogens with zero attached hydrogens (tertiary/aromatic N) is 2. The number of hydrogen-bond donors (Lipinski definition) is 2. The molecule has 0 spiro atoms. The van der Waals surface area contributed by atoms with Gasteiger partial charge in [-0.2, -0.15) is 0 Å². The average Bonchev–Trinajstić information content (AvgIpc) is 3.34. The molecular weight excluding hydrogens is 418 g/mol. The molecule has 31 heavy (non-hydrogen) atoms. The number of rotatable bonds is 5. The normalized spacial score (nSPS) is 23.8. The van der Waals surface area contributed by atoms with Crippen LogP contribution in [0.3, 0.4) is 0 Å². The zero-order valence-electron chi connectivity index (χ0n) is 17.6. The number of carbonyl (C=O) groups is 1. The van der Waals surface area contributed by atoms with Crippen LogP contribution >= 0.6 is 11.6 Å². The summed E-state index contributed by atoms with van der Waals surface area (Å²) in [5.74, 6) is 1.13. The van der Waals surface area contributed by atoms with E-state index in [1.807, 2.05) is 24.3 Å². The number of aliphatic hydroxyl groups is 1. The van der Waals surface area contributed by atoms with Gasteiger partial charge >= 0.3 is 0 Å². The lowest BCUT2D eigenvalue weighted by Gasteiger charge is -2.35. The first-order valence-electron chi connectivity index (χ1n) is 9.83. The van der Waals surface area contributed by atoms with Crippen molar-refractivity contribution in [2.75, 3.05) is 44.0 Å². The number of amidine groups is 1. The molecule has 1 unspecified atom stereocenters. The first-order valence-corrected chi connectivity index (χ1v) is 10.4. The van der Waals surface area contributed by atoms with Gasteiger partial charge in [0.05, 0.1) is 38.0 Å². The summed E-state index contributed by atoms with van der Waals surface area (Å²) < 4.78 is 10.8. The summed E-state index contributed by atoms with van der Waals surface area (Å²) in [5, 5.41) is 13.8. The minimum absolute atomic E-state index is 0.120. The zero-order valence-corrected chi connectivity index (χ0v) is 18.4. The van der Waals surface area contributed by atoms with Crippen molar-refractivity contribution in [3.05, 3.63) is 59.3 Å². The molecular formula is C23H24ClN3O4. The topological polar surface area (TPSA) is 83.4 Å². The number of para-hydroxylation sites is 1. The first-order chi connectivity index (χ1) is 15.0. The number of hydrogen-bond acceptors (Lipinski definition) is 6. The molecule has 0 aliphatic carbocycles. The molecule has 0 saturated carbocycles. The first kappa shape index (κ1) is 21.2. The van der Waals surface area contributed by atoms with Gasteiger partial charge in [0.2, 0.25) is 0 Å². The van der Waals surface area contributed by atoms with Crippen molar-refractivity contribution in [3.8, 4) is 11.5 Å². The van der Waals surface area contributed by atoms with Gasteiger partial charge in [-0.1, -0.05) is 18.2 Å². The van der Waals surface area contributed by atoms with E-state index in [0.29, 0.717) is 35.0 Å². The van der Waals surface area contributed by atoms with Crippen LogP contribution in [0.2, 0.25) is 0 Å². The van der Waals surface area contributed by atoms with E-state index in [4.69, 9.17) is 21.1 Å². The third kappa shape index (κ3) is 3.25. The molecule has 4 rings (SSSR count). The molecule has 1 fully saturated rings. The third-order valence-corrected chi connectivity index (χ3v) is 6.22. The summed E-state index contributed by atoms with van der Waals surface area (Å²) in [5.41, 5.74) is 2.41. The minimum Gasteiger partial charge on any atom is -0.497 e. The van der Waals surface area contributed by atoms with Crippen LogP contribution in [0.1, 0.15) is 5.56 Å². The fraction of sp³-hybridized carbons (Fsp3) is 0.304. The van der Waals surface area contributed by atoms with E-state index in [9.17, 15) is 9.90 Å². The molecule has 2 aromatic rings. The number of ether oxygens (including phenoxy) is 2. The Hall–Kier alpha value is -3.03. The number of halogens is 1. The number of aliphatic imine (C=N–C) groups is 1. The Bertz CT molecular complexity index is 1040. The maximum absolute atomic E-state index is 13.8. The Kier molecular flexibility index (Phi) is 5.64. The van der Waals surface area contributed by atoms with Crippen LogP contribution in [0, 0.1) is 0 Å². The fourth-order valence-electron chi connectivity index (χ4n) is 4.17. The molecule has 1 atom stereocenters. The Morgan fingerprint density at radius 1 is 1.19 bits per heavy atom. The molecule has 8 heteroatoms. The van der Waals surface area contributed by atoms with Gasteiger partial charge in [0, 0.05) is 43.1 Å². The Morgan fingerprint density at radius 2 is 1.87 bits per heavy atom. The van der Waals surface area contributed by atoms with Crippen molar-refractivity contribution in [2.24, 2.45) is 4.99 Å². The number of benzene rings is 2. The molecule has 0 bridgehead atoms. The van der Waals surface area contributed by atoms with E-state index in [0.717, 1.165) is 16.9 Å². The highest BCUT2D eigenvalue weighted by molar-refractivity contribution is 6.40. The number of alkyl halides is 1. The summed E-state index contributed by atoms with van der Waals surface area (Å²) >= 11 is 6.35. The molecule has 0 aromatic heterocycles. The number of methoxy groups -OCH3 is 2. The van der Waals surface area contributed by atoms with Crippen molar-refractivity contribution >= 4 is 34.6 Å². The number of fused-ring (bicyclic) bond motifs is 1. The summed E-state index contributed by atoms with van der Waals surface area (Å²) in [6, 6.07) is 13.2. The number of allylic oxidation sites excluding steroid dienone is 1. The quantitative estimate of drug-likeness (QED) is 0.548. The molecule has 2 aliphatic rings. The molecule has 162 valence electrons. The van der Waals surface area contributed by atoms with Crippen molar-refractivity contribution in [2.45, 2.75) is 12.0 Å². The highest BCUT2D eigenvalue weighted by Gasteiger charge is 2.55. The second-order valence-corrected chi connectivity index (χ2v) is 7.69. The van der Waals surface area contributed by atoms with Crippen LogP contribution in [-0.2, 0) is 11.2 Å². The predicted octanol–water partition coefficient (Wildman–Crippen LogP) is 3.01. The average molecular weight is 442 g/mol. The largest absolute Gasteiger partial charge is 0.497 e. The lowest BCUT2D eigenvalue weighted by molar-refractivity contribution is -0.119. The van der Waals surface area contributed by atoms with Crippen molar-refractivity contribution in [3.63, 3.8) is 0 Å². The van der Waals surface area contributed by atoms with E-state index in [-0.39, 0.29) is 11.7 Å². The van der Waals surface area contributed by atoms with Gasteiger partial charge < -0.3 is 24.8 Å². The molecule has 2 N–H and O–H groups in total. The summed E-state index contributed by atoms with van der Waals surface area (Å²) in [4.78, 5) is 19.9. The SMILES string of the molecule is CN=C1C(=C2Cc3ccccc3N2)C(=O)C(CO)(CCl)N1c1cc(OC)cc(OC)c1. The van der Waals surface area contributed by atoms with Gasteiger partial charge in [-0.3, -0.25) is 9.79 Å². The molecule has 7 nitrogen and oxygen atoms in total. The van der Waals surface area contributed by atoms with Crippen LogP contribution < -0.4 is 19.7 Å². The maximum atomic E-state index is 13.8. The van der Waals surface area contributed by atoms with Crippen LogP contribution in [0.4, 0.5) is 11.4 Å². The van der Waals surface area contributed by atoms with Crippen LogP contribution in [0.5, 0.6) is 11.5 Å². The fourth-order valence-corrected chi connectivity index (χ4v) is 4.50. The van der Waals surface area contributed by atoms with Gasteiger partial charge in [0.25, 0.3) is 0 Å². The molecule has 2 aromatic carbocycles. The Morgan fingerprint density at radius 3 is 2.42 bits per heavy atom. The van der Waals surface area contributed by atoms with Gasteiger partial charge in [0.1, 0.15) is 22.9 Å². The highest BCUT2D eigenvalue weighted by atomic mass is 35.5. The van der Waals surface area contributed by atoms with Gasteiger partial charge in [-0.25, -0.2) is 0 Å². The smallest absolute Gasteiger partial charge is 0.197 e. The molecule has 1 saturated heterocycles. The Balaban J connectivity index is 1.92. The number of ketones is 1. The molecule has 0 amide bonds. The number of Topliss-reactive ketones (excluding diaryl/α,β-unsaturated/α-hetero) is 1. The molecule has 2 heterocycles. The third-order valence-electron chi connectivity index (χ3n) is 5.77. The predicted molar refractivity (Wildman–Crippen MR) is 122 cm³/mol. The number of nitrogens with one attached hydrogen (secondary N) is 1. The van der Waals surface area contributed by atoms with Crippen LogP contribution in [0.15, 0.2) is 58.7 Å². The second kappa shape index (κ2) is 8.24. The van der Waals surface area contributed by atoms with E-state index in [1.54, 1.807) is 44.4 Å². The highest BCUT2D eigenvalue weighted by Crippen LogP contribution is 2.42. The monoisotopic (exact) mass is 441 g/mol. The Labute approximate surface area is 185 Å². The standard InChI is InChI=1S/C23H24ClN3O4/c1-25-22-20(19-8-14-6-4-5-7-18(14)26-19)21(29)23(12-24,13-28)27(22)15-9-16(30-2)11-17(10-15)31-3/h4-7,9-11,26,28H,8,12-13H2,1-3H3. The maximum Gasteiger partial charge on any atom is 0.197 e. The lowest BCUT2D eigenvalue weighted by Crippen LogP contribution is -2.54. The van der Waals surface area contributed by atoms with Crippen LogP contribution in [-0.4, -0.2) is 56.0 Å². The summed E-state index contributed by atoms with van der Waals surface area (Å²) in [6.45, 7) is -0.475. The van der Waals surface area contributed by atoms with Gasteiger partial charge in [-0.15, -0.1) is 11.6 Å². The van der Waals surface area contributed by atoms with E-state index < -0.39 is 12.1 Å². The van der Waals surface area contributed by atoms with Gasteiger partial charge in [-0.05, 0) is 11.6 Å². The number of carbonyl (C=O) groups excluding carboxylic acids is 1. The van der Waals surface area contributed by atoms with Crippen molar-refractivity contribution < 1.29 is 19.4 Å². The summed E-state index contributed by atoms with van der Waals surface area (Å²) in [6.07, 6.45) is 0.565. The van der Waals surface area contributed by atoms with E-state index in [1.165, 1.54) is 0 Å². The number of anilines is 2. The van der Waals surface area contributed by atoms with Gasteiger partial charge in [0.15, 0.2) is 5.78 Å². The second-order valence-electron chi connectivity index (χ2n) is 7.42. The van der Waals surface area contributed by atoms with Crippen molar-refractivity contribution in [1.82, 2.24) is 0 Å². The lowest BCUT2D eigenvalue weighted by atomic mass is 9.94. The summed E-state index contributed by atoms with van der Waals surface area (Å²) in [7, 11) is 4.73. The number of aliphatic hydroxyl groups excluding tert-OH is 1. The van der Waals surface area contributed by atoms with E-state index in [2.05, 4.69) is 10.3 Å². The minimum atomic E-state index is -1.40. The van der Waals surface area contributed by atoms with Crippen molar-refractivity contribution in [1.29, 1.82) is 0 Å². The molecule has 0 radical (unpaired) electrons. The van der Waals surface area contributed by atoms with Crippen LogP contribution in [0.25, 0.3) is 0 Å².